The molecule has 0 atom stereocenters. The Kier molecular flexibility index (Phi) is 7.99. The molecular weight excluding hydrogens is 588 g/mol. The summed E-state index contributed by atoms with van der Waals surface area (Å²) in [7, 11) is 2.76. The summed E-state index contributed by atoms with van der Waals surface area (Å²) < 4.78 is 21.8. The molecule has 1 aliphatic heterocycles. The molecule has 1 heterocycles. The van der Waals surface area contributed by atoms with Crippen LogP contribution in [0.5, 0.6) is 11.5 Å². The van der Waals surface area contributed by atoms with Gasteiger partial charge in [0.05, 0.1) is 25.3 Å². The van der Waals surface area contributed by atoms with E-state index in [9.17, 15) is 9.59 Å². The van der Waals surface area contributed by atoms with Gasteiger partial charge in [-0.2, -0.15) is 0 Å². The zero-order chi connectivity index (χ0) is 32.3. The van der Waals surface area contributed by atoms with Gasteiger partial charge >= 0.3 is 11.9 Å². The Bertz CT molecular complexity index is 2050. The first-order chi connectivity index (χ1) is 23.0. The molecule has 0 aromatic heterocycles. The highest BCUT2D eigenvalue weighted by Crippen LogP contribution is 2.47. The quantitative estimate of drug-likeness (QED) is 0.137. The summed E-state index contributed by atoms with van der Waals surface area (Å²) >= 11 is 0. The fraction of sp³-hybridized carbons (Fsp3) is 0.0732. The van der Waals surface area contributed by atoms with E-state index < -0.39 is 0 Å². The van der Waals surface area contributed by atoms with E-state index >= 15 is 0 Å². The maximum Gasteiger partial charge on any atom is 0.337 e. The summed E-state index contributed by atoms with van der Waals surface area (Å²) in [6, 6.07) is 35.6. The van der Waals surface area contributed by atoms with Crippen molar-refractivity contribution in [3.8, 4) is 22.6 Å². The number of methoxy groups -OCH3 is 2. The highest BCUT2D eigenvalue weighted by molar-refractivity contribution is 6.10. The van der Waals surface area contributed by atoms with Crippen molar-refractivity contribution < 1.29 is 28.5 Å². The van der Waals surface area contributed by atoms with Gasteiger partial charge in [0.15, 0.2) is 0 Å². The molecule has 0 bridgehead atoms. The second-order valence-electron chi connectivity index (χ2n) is 11.1. The van der Waals surface area contributed by atoms with Crippen LogP contribution >= 0.6 is 0 Å². The Morgan fingerprint density at radius 1 is 0.511 bits per heavy atom. The van der Waals surface area contributed by atoms with Gasteiger partial charge in [-0.05, 0) is 92.3 Å². The second kappa shape index (κ2) is 12.7. The van der Waals surface area contributed by atoms with Crippen LogP contribution in [-0.2, 0) is 9.47 Å². The van der Waals surface area contributed by atoms with Gasteiger partial charge in [-0.1, -0.05) is 85.0 Å². The van der Waals surface area contributed by atoms with E-state index in [1.54, 1.807) is 24.3 Å². The fourth-order valence-electron chi connectivity index (χ4n) is 5.86. The first-order valence-corrected chi connectivity index (χ1v) is 15.1. The van der Waals surface area contributed by atoms with Crippen molar-refractivity contribution in [2.75, 3.05) is 21.0 Å². The fourth-order valence-corrected chi connectivity index (χ4v) is 5.86. The third kappa shape index (κ3) is 5.97. The van der Waals surface area contributed by atoms with Crippen molar-refractivity contribution in [3.63, 3.8) is 0 Å². The molecule has 0 saturated carbocycles. The van der Waals surface area contributed by atoms with Gasteiger partial charge in [-0.25, -0.2) is 9.59 Å². The lowest BCUT2D eigenvalue weighted by Crippen LogP contribution is -2.03. The van der Waals surface area contributed by atoms with E-state index in [1.807, 2.05) is 48.6 Å². The number of carbonyl (C=O) groups is 2. The SMILES string of the molecule is COC(=O)c1ccc(/C=C\c2ccc3c4c(ccc3c2)OCOc2ccc3cc(/C=C\c5ccc(C(=O)OC)cc5)ccc3c2-4)cc1. The summed E-state index contributed by atoms with van der Waals surface area (Å²) in [5, 5.41) is 4.30. The van der Waals surface area contributed by atoms with Crippen LogP contribution in [0, 0.1) is 0 Å². The number of hydrogen-bond donors (Lipinski definition) is 0. The first kappa shape index (κ1) is 29.6. The topological polar surface area (TPSA) is 71.1 Å². The average molecular weight is 619 g/mol. The maximum atomic E-state index is 11.8. The summed E-state index contributed by atoms with van der Waals surface area (Å²) in [5.74, 6) is 0.848. The van der Waals surface area contributed by atoms with Gasteiger partial charge in [-0.3, -0.25) is 0 Å². The van der Waals surface area contributed by atoms with Crippen LogP contribution in [0.4, 0.5) is 0 Å². The molecule has 6 aromatic rings. The first-order valence-electron chi connectivity index (χ1n) is 15.1. The average Bonchev–Trinajstić information content (AvgIpc) is 3.32. The highest BCUT2D eigenvalue weighted by atomic mass is 16.7. The van der Waals surface area contributed by atoms with Crippen LogP contribution in [0.3, 0.4) is 0 Å². The van der Waals surface area contributed by atoms with Gasteiger partial charge in [0, 0.05) is 11.1 Å². The molecule has 6 heteroatoms. The molecule has 7 rings (SSSR count). The molecule has 0 saturated heterocycles. The Labute approximate surface area is 272 Å². The molecule has 0 amide bonds. The van der Waals surface area contributed by atoms with Crippen LogP contribution in [0.25, 0.3) is 57.0 Å². The molecule has 0 radical (unpaired) electrons. The lowest BCUT2D eigenvalue weighted by atomic mass is 9.91. The van der Waals surface area contributed by atoms with Crippen LogP contribution in [0.15, 0.2) is 109 Å². The van der Waals surface area contributed by atoms with Crippen molar-refractivity contribution in [1.82, 2.24) is 0 Å². The smallest absolute Gasteiger partial charge is 0.337 e. The molecule has 0 aliphatic carbocycles. The molecule has 6 nitrogen and oxygen atoms in total. The van der Waals surface area contributed by atoms with Crippen molar-refractivity contribution in [2.24, 2.45) is 0 Å². The summed E-state index contributed by atoms with van der Waals surface area (Å²) in [6.45, 7) is 0.127. The predicted molar refractivity (Wildman–Crippen MR) is 186 cm³/mol. The third-order valence-electron chi connectivity index (χ3n) is 8.29. The van der Waals surface area contributed by atoms with Crippen molar-refractivity contribution in [3.05, 3.63) is 143 Å². The number of benzene rings is 6. The second-order valence-corrected chi connectivity index (χ2v) is 11.1. The van der Waals surface area contributed by atoms with Gasteiger partial charge in [-0.15, -0.1) is 0 Å². The molecule has 1 aliphatic rings. The Morgan fingerprint density at radius 2 is 0.894 bits per heavy atom. The zero-order valence-electron chi connectivity index (χ0n) is 25.9. The van der Waals surface area contributed by atoms with E-state index in [-0.39, 0.29) is 18.7 Å². The Morgan fingerprint density at radius 3 is 1.30 bits per heavy atom. The number of ether oxygens (including phenoxy) is 4. The lowest BCUT2D eigenvalue weighted by molar-refractivity contribution is 0.0592. The van der Waals surface area contributed by atoms with E-state index in [0.717, 1.165) is 66.4 Å². The summed E-state index contributed by atoms with van der Waals surface area (Å²) in [6.07, 6.45) is 8.16. The largest absolute Gasteiger partial charge is 0.465 e. The van der Waals surface area contributed by atoms with Gasteiger partial charge in [0.1, 0.15) is 11.5 Å². The van der Waals surface area contributed by atoms with E-state index in [4.69, 9.17) is 18.9 Å². The molecule has 0 N–H and O–H groups in total. The van der Waals surface area contributed by atoms with Gasteiger partial charge in [0.2, 0.25) is 6.79 Å². The van der Waals surface area contributed by atoms with Crippen molar-refractivity contribution in [2.45, 2.75) is 0 Å². The molecule has 6 aromatic carbocycles. The Balaban J connectivity index is 1.22. The standard InChI is InChI=1S/C41H30O6/c1-44-40(42)30-13-7-26(8-14-30)3-5-28-11-19-34-32(23-28)17-21-36-38(34)39-35-20-12-29(24-33(35)18-22-37(39)47-25-46-36)6-4-27-9-15-31(16-10-27)41(43)45-2/h3-24H,25H2,1-2H3/b5-3-,6-4-. The van der Waals surface area contributed by atoms with E-state index in [1.165, 1.54) is 14.2 Å². The van der Waals surface area contributed by atoms with Gasteiger partial charge in [0.25, 0.3) is 0 Å². The number of esters is 2. The molecule has 0 spiro atoms. The minimum atomic E-state index is -0.351. The number of hydrogen-bond acceptors (Lipinski definition) is 6. The molecule has 47 heavy (non-hydrogen) atoms. The molecule has 0 unspecified atom stereocenters. The van der Waals surface area contributed by atoms with Crippen LogP contribution < -0.4 is 9.47 Å². The number of fused-ring (bicyclic) bond motifs is 7. The van der Waals surface area contributed by atoms with Crippen LogP contribution in [-0.4, -0.2) is 33.0 Å². The lowest BCUT2D eigenvalue weighted by Gasteiger charge is -2.14. The monoisotopic (exact) mass is 618 g/mol. The van der Waals surface area contributed by atoms with Gasteiger partial charge < -0.3 is 18.9 Å². The predicted octanol–water partition coefficient (Wildman–Crippen LogP) is 9.30. The Hall–Kier alpha value is -6.14. The third-order valence-corrected chi connectivity index (χ3v) is 8.29. The maximum absolute atomic E-state index is 11.8. The minimum absolute atomic E-state index is 0.127. The number of carbonyl (C=O) groups excluding carboxylic acids is 2. The molecular formula is C41H30O6. The summed E-state index contributed by atoms with van der Waals surface area (Å²) in [4.78, 5) is 23.5. The highest BCUT2D eigenvalue weighted by Gasteiger charge is 2.22. The van der Waals surface area contributed by atoms with Crippen LogP contribution in [0.1, 0.15) is 43.0 Å². The van der Waals surface area contributed by atoms with Crippen molar-refractivity contribution >= 4 is 57.8 Å². The number of rotatable bonds is 6. The summed E-state index contributed by atoms with van der Waals surface area (Å²) in [5.41, 5.74) is 7.11. The van der Waals surface area contributed by atoms with E-state index in [2.05, 4.69) is 60.7 Å². The normalized spacial score (nSPS) is 12.3. The molecule has 230 valence electrons. The minimum Gasteiger partial charge on any atom is -0.465 e. The zero-order valence-corrected chi connectivity index (χ0v) is 25.9. The van der Waals surface area contributed by atoms with E-state index in [0.29, 0.717) is 11.1 Å². The van der Waals surface area contributed by atoms with Crippen LogP contribution in [0.2, 0.25) is 0 Å². The van der Waals surface area contributed by atoms with Crippen molar-refractivity contribution in [1.29, 1.82) is 0 Å². The molecule has 0 fully saturated rings.